The van der Waals surface area contributed by atoms with Gasteiger partial charge in [-0.25, -0.2) is 4.98 Å². The fourth-order valence-electron chi connectivity index (χ4n) is 1.71. The lowest BCUT2D eigenvalue weighted by Crippen LogP contribution is -1.98. The second kappa shape index (κ2) is 3.55. The van der Waals surface area contributed by atoms with Crippen LogP contribution in [0, 0.1) is 0 Å². The normalized spacial score (nSPS) is 10.9. The summed E-state index contributed by atoms with van der Waals surface area (Å²) in [6.45, 7) is 0. The molecule has 0 atom stereocenters. The standard InChI is InChI=1S/C10H11N7/c1-11-10-14-8(6-3-13-17(2)5-6)7-4-12-16-9(7)15-10/h3-5H,1-2H3,(H2,11,12,14,15,16). The molecule has 0 saturated carbocycles. The summed E-state index contributed by atoms with van der Waals surface area (Å²) in [6, 6.07) is 0. The molecule has 3 aromatic heterocycles. The van der Waals surface area contributed by atoms with Crippen LogP contribution in [-0.2, 0) is 7.05 Å². The molecule has 3 heterocycles. The van der Waals surface area contributed by atoms with Crippen molar-refractivity contribution >= 4 is 17.0 Å². The van der Waals surface area contributed by atoms with E-state index in [4.69, 9.17) is 0 Å². The number of nitrogens with zero attached hydrogens (tertiary/aromatic N) is 5. The Morgan fingerprint density at radius 2 is 2.18 bits per heavy atom. The van der Waals surface area contributed by atoms with Crippen molar-refractivity contribution in [3.8, 4) is 11.3 Å². The summed E-state index contributed by atoms with van der Waals surface area (Å²) in [6.07, 6.45) is 5.40. The Hall–Kier alpha value is -2.44. The minimum absolute atomic E-state index is 0.556. The Morgan fingerprint density at radius 1 is 1.29 bits per heavy atom. The summed E-state index contributed by atoms with van der Waals surface area (Å²) in [5.41, 5.74) is 2.47. The van der Waals surface area contributed by atoms with E-state index in [1.807, 2.05) is 13.2 Å². The first-order chi connectivity index (χ1) is 8.28. The van der Waals surface area contributed by atoms with Crippen molar-refractivity contribution in [1.82, 2.24) is 29.9 Å². The highest BCUT2D eigenvalue weighted by Gasteiger charge is 2.11. The number of anilines is 1. The van der Waals surface area contributed by atoms with Crippen LogP contribution in [0.5, 0.6) is 0 Å². The quantitative estimate of drug-likeness (QED) is 0.678. The lowest BCUT2D eigenvalue weighted by atomic mass is 10.2. The molecule has 17 heavy (non-hydrogen) atoms. The molecule has 0 amide bonds. The summed E-state index contributed by atoms with van der Waals surface area (Å²) in [4.78, 5) is 8.72. The van der Waals surface area contributed by atoms with Crippen LogP contribution in [-0.4, -0.2) is 37.0 Å². The van der Waals surface area contributed by atoms with Gasteiger partial charge in [0.05, 0.1) is 23.5 Å². The zero-order chi connectivity index (χ0) is 11.8. The molecule has 0 aliphatic carbocycles. The van der Waals surface area contributed by atoms with Gasteiger partial charge in [-0.1, -0.05) is 0 Å². The Bertz CT molecular complexity index is 666. The van der Waals surface area contributed by atoms with Crippen LogP contribution in [0.15, 0.2) is 18.6 Å². The van der Waals surface area contributed by atoms with Gasteiger partial charge in [-0.05, 0) is 0 Å². The third-order valence-electron chi connectivity index (χ3n) is 2.51. The van der Waals surface area contributed by atoms with Crippen LogP contribution in [0.1, 0.15) is 0 Å². The summed E-state index contributed by atoms with van der Waals surface area (Å²) in [7, 11) is 3.65. The zero-order valence-corrected chi connectivity index (χ0v) is 9.47. The number of nitrogens with one attached hydrogen (secondary N) is 2. The van der Waals surface area contributed by atoms with Crippen molar-refractivity contribution in [3.63, 3.8) is 0 Å². The number of aromatic amines is 1. The lowest BCUT2D eigenvalue weighted by Gasteiger charge is -2.02. The molecule has 3 aromatic rings. The molecule has 3 rings (SSSR count). The summed E-state index contributed by atoms with van der Waals surface area (Å²) in [5, 5.41) is 14.8. The molecule has 0 aliphatic rings. The van der Waals surface area contributed by atoms with Gasteiger partial charge in [0.1, 0.15) is 0 Å². The molecule has 0 bridgehead atoms. The van der Waals surface area contributed by atoms with Crippen molar-refractivity contribution in [2.75, 3.05) is 12.4 Å². The Kier molecular flexibility index (Phi) is 2.04. The number of fused-ring (bicyclic) bond motifs is 1. The van der Waals surface area contributed by atoms with Gasteiger partial charge in [0.25, 0.3) is 0 Å². The SMILES string of the molecule is CNc1nc(-c2cnn(C)c2)c2cn[nH]c2n1. The van der Waals surface area contributed by atoms with E-state index in [0.29, 0.717) is 11.6 Å². The molecule has 0 aromatic carbocycles. The molecular formula is C10H11N7. The molecule has 2 N–H and O–H groups in total. The van der Waals surface area contributed by atoms with Crippen molar-refractivity contribution < 1.29 is 0 Å². The van der Waals surface area contributed by atoms with E-state index in [2.05, 4.69) is 30.6 Å². The summed E-state index contributed by atoms with van der Waals surface area (Å²) < 4.78 is 1.74. The van der Waals surface area contributed by atoms with E-state index in [0.717, 1.165) is 16.6 Å². The first-order valence-electron chi connectivity index (χ1n) is 5.16. The maximum Gasteiger partial charge on any atom is 0.225 e. The molecule has 86 valence electrons. The smallest absolute Gasteiger partial charge is 0.225 e. The van der Waals surface area contributed by atoms with E-state index in [9.17, 15) is 0 Å². The monoisotopic (exact) mass is 229 g/mol. The van der Waals surface area contributed by atoms with Gasteiger partial charge in [-0.3, -0.25) is 9.78 Å². The predicted octanol–water partition coefficient (Wildman–Crippen LogP) is 0.795. The van der Waals surface area contributed by atoms with Gasteiger partial charge < -0.3 is 5.32 Å². The van der Waals surface area contributed by atoms with Gasteiger partial charge in [-0.15, -0.1) is 0 Å². The number of aryl methyl sites for hydroxylation is 1. The highest BCUT2D eigenvalue weighted by molar-refractivity contribution is 5.90. The van der Waals surface area contributed by atoms with E-state index >= 15 is 0 Å². The van der Waals surface area contributed by atoms with Crippen LogP contribution in [0.4, 0.5) is 5.95 Å². The number of hydrogen-bond donors (Lipinski definition) is 2. The lowest BCUT2D eigenvalue weighted by molar-refractivity contribution is 0.768. The van der Waals surface area contributed by atoms with E-state index in [1.54, 1.807) is 24.1 Å². The van der Waals surface area contributed by atoms with Crippen molar-refractivity contribution in [1.29, 1.82) is 0 Å². The van der Waals surface area contributed by atoms with Crippen LogP contribution in [0.2, 0.25) is 0 Å². The number of aromatic nitrogens is 6. The maximum atomic E-state index is 4.44. The zero-order valence-electron chi connectivity index (χ0n) is 9.47. The van der Waals surface area contributed by atoms with Crippen LogP contribution < -0.4 is 5.32 Å². The molecular weight excluding hydrogens is 218 g/mol. The molecule has 0 aliphatic heterocycles. The molecule has 0 spiro atoms. The Labute approximate surface area is 96.9 Å². The Balaban J connectivity index is 2.29. The van der Waals surface area contributed by atoms with Crippen molar-refractivity contribution in [2.45, 2.75) is 0 Å². The highest BCUT2D eigenvalue weighted by Crippen LogP contribution is 2.25. The molecule has 7 nitrogen and oxygen atoms in total. The molecule has 0 saturated heterocycles. The Morgan fingerprint density at radius 3 is 2.88 bits per heavy atom. The minimum atomic E-state index is 0.556. The van der Waals surface area contributed by atoms with Crippen LogP contribution >= 0.6 is 0 Å². The molecule has 0 fully saturated rings. The van der Waals surface area contributed by atoms with E-state index in [1.165, 1.54) is 0 Å². The fourth-order valence-corrected chi connectivity index (χ4v) is 1.71. The van der Waals surface area contributed by atoms with Crippen molar-refractivity contribution in [2.24, 2.45) is 7.05 Å². The predicted molar refractivity (Wildman–Crippen MR) is 63.4 cm³/mol. The minimum Gasteiger partial charge on any atom is -0.357 e. The highest BCUT2D eigenvalue weighted by atomic mass is 15.2. The second-order valence-corrected chi connectivity index (χ2v) is 3.68. The molecule has 0 unspecified atom stereocenters. The third kappa shape index (κ3) is 1.52. The van der Waals surface area contributed by atoms with E-state index < -0.39 is 0 Å². The van der Waals surface area contributed by atoms with Gasteiger partial charge in [0.2, 0.25) is 5.95 Å². The van der Waals surface area contributed by atoms with Crippen molar-refractivity contribution in [3.05, 3.63) is 18.6 Å². The van der Waals surface area contributed by atoms with Gasteiger partial charge in [0.15, 0.2) is 5.65 Å². The van der Waals surface area contributed by atoms with Crippen LogP contribution in [0.25, 0.3) is 22.3 Å². The van der Waals surface area contributed by atoms with Gasteiger partial charge >= 0.3 is 0 Å². The first kappa shape index (κ1) is 9.76. The third-order valence-corrected chi connectivity index (χ3v) is 2.51. The maximum absolute atomic E-state index is 4.44. The second-order valence-electron chi connectivity index (χ2n) is 3.68. The summed E-state index contributed by atoms with van der Waals surface area (Å²) >= 11 is 0. The van der Waals surface area contributed by atoms with Gasteiger partial charge in [0, 0.05) is 25.9 Å². The number of H-pyrrole nitrogens is 1. The number of hydrogen-bond acceptors (Lipinski definition) is 5. The fraction of sp³-hybridized carbons (Fsp3) is 0.200. The molecule has 7 heteroatoms. The molecule has 0 radical (unpaired) electrons. The largest absolute Gasteiger partial charge is 0.357 e. The topological polar surface area (TPSA) is 84.3 Å². The average molecular weight is 229 g/mol. The number of rotatable bonds is 2. The van der Waals surface area contributed by atoms with Crippen LogP contribution in [0.3, 0.4) is 0 Å². The summed E-state index contributed by atoms with van der Waals surface area (Å²) in [5.74, 6) is 0.556. The average Bonchev–Trinajstić information content (AvgIpc) is 2.95. The first-order valence-corrected chi connectivity index (χ1v) is 5.16. The van der Waals surface area contributed by atoms with E-state index in [-0.39, 0.29) is 0 Å². The van der Waals surface area contributed by atoms with Gasteiger partial charge in [-0.2, -0.15) is 15.2 Å².